The maximum atomic E-state index is 12.1. The molecule has 0 aromatic carbocycles. The first-order valence-electron chi connectivity index (χ1n) is 9.38. The zero-order chi connectivity index (χ0) is 17.2. The topological polar surface area (TPSA) is 32.8 Å². The molecule has 1 amide bonds. The summed E-state index contributed by atoms with van der Waals surface area (Å²) in [6, 6.07) is 0. The summed E-state index contributed by atoms with van der Waals surface area (Å²) in [5.74, 6) is 1.11. The summed E-state index contributed by atoms with van der Waals surface area (Å²) in [5.41, 5.74) is 1.01. The first-order chi connectivity index (χ1) is 11.8. The zero-order valence-corrected chi connectivity index (χ0v) is 15.3. The van der Waals surface area contributed by atoms with Crippen molar-refractivity contribution < 1.29 is 9.53 Å². The number of carbonyl (C=O) groups is 1. The molecule has 2 aliphatic heterocycles. The van der Waals surface area contributed by atoms with Crippen LogP contribution in [0.4, 0.5) is 0 Å². The Morgan fingerprint density at radius 1 is 1.12 bits per heavy atom. The van der Waals surface area contributed by atoms with Crippen molar-refractivity contribution >= 4 is 5.91 Å². The zero-order valence-electron chi connectivity index (χ0n) is 15.3. The van der Waals surface area contributed by atoms with Crippen molar-refractivity contribution in [1.82, 2.24) is 9.80 Å². The monoisotopic (exact) mass is 332 g/mol. The number of amides is 1. The van der Waals surface area contributed by atoms with Crippen molar-refractivity contribution in [2.75, 3.05) is 32.8 Å². The van der Waals surface area contributed by atoms with Gasteiger partial charge in [-0.15, -0.1) is 0 Å². The Bertz CT molecular complexity index is 484. The molecule has 0 saturated carbocycles. The molecule has 0 unspecified atom stereocenters. The van der Waals surface area contributed by atoms with Crippen LogP contribution in [0.5, 0.6) is 0 Å². The molecule has 4 heteroatoms. The van der Waals surface area contributed by atoms with Gasteiger partial charge in [0.2, 0.25) is 0 Å². The van der Waals surface area contributed by atoms with Crippen LogP contribution < -0.4 is 0 Å². The molecule has 24 heavy (non-hydrogen) atoms. The average Bonchev–Trinajstić information content (AvgIpc) is 2.64. The number of nitrogens with zero attached hydrogens (tertiary/aromatic N) is 2. The number of carbonyl (C=O) groups excluding carboxylic acids is 1. The first-order valence-corrected chi connectivity index (χ1v) is 9.38. The molecule has 1 saturated heterocycles. The molecule has 4 nitrogen and oxygen atoms in total. The molecule has 0 N–H and O–H groups in total. The minimum Gasteiger partial charge on any atom is -0.486 e. The van der Waals surface area contributed by atoms with Crippen LogP contribution in [0.3, 0.4) is 0 Å². The molecule has 0 spiro atoms. The molecule has 3 aliphatic rings. The van der Waals surface area contributed by atoms with E-state index in [4.69, 9.17) is 4.74 Å². The number of rotatable bonds is 4. The maximum Gasteiger partial charge on any atom is 0.264 e. The molecule has 0 aromatic rings. The molecule has 0 radical (unpaired) electrons. The molecule has 0 aromatic heterocycles. The van der Waals surface area contributed by atoms with Gasteiger partial charge in [0.15, 0.2) is 6.61 Å². The lowest BCUT2D eigenvalue weighted by Gasteiger charge is -2.33. The smallest absolute Gasteiger partial charge is 0.264 e. The van der Waals surface area contributed by atoms with Gasteiger partial charge >= 0.3 is 0 Å². The van der Waals surface area contributed by atoms with E-state index in [9.17, 15) is 4.79 Å². The van der Waals surface area contributed by atoms with E-state index in [1.807, 2.05) is 30.9 Å². The Balaban J connectivity index is 0.000000471. The quantitative estimate of drug-likeness (QED) is 0.733. The Kier molecular flexibility index (Phi) is 8.10. The summed E-state index contributed by atoms with van der Waals surface area (Å²) in [6.07, 6.45) is 15.2. The molecule has 0 bridgehead atoms. The number of hydrogen-bond acceptors (Lipinski definition) is 3. The van der Waals surface area contributed by atoms with E-state index in [-0.39, 0.29) is 12.5 Å². The van der Waals surface area contributed by atoms with Gasteiger partial charge in [-0.2, -0.15) is 0 Å². The van der Waals surface area contributed by atoms with E-state index in [1.54, 1.807) is 0 Å². The van der Waals surface area contributed by atoms with Crippen molar-refractivity contribution in [2.24, 2.45) is 0 Å². The van der Waals surface area contributed by atoms with Crippen molar-refractivity contribution in [3.05, 3.63) is 35.8 Å². The summed E-state index contributed by atoms with van der Waals surface area (Å²) < 4.78 is 5.55. The summed E-state index contributed by atoms with van der Waals surface area (Å²) in [4.78, 5) is 16.5. The highest BCUT2D eigenvalue weighted by Crippen LogP contribution is 2.27. The minimum atomic E-state index is 0.106. The van der Waals surface area contributed by atoms with Crippen LogP contribution in [0.15, 0.2) is 35.8 Å². The van der Waals surface area contributed by atoms with Gasteiger partial charge in [0, 0.05) is 13.0 Å². The molecule has 2 heterocycles. The lowest BCUT2D eigenvalue weighted by Crippen LogP contribution is -2.40. The highest BCUT2D eigenvalue weighted by atomic mass is 16.5. The predicted octanol–water partition coefficient (Wildman–Crippen LogP) is 3.87. The number of piperidine rings is 1. The number of likely N-dealkylation sites (tertiary alicyclic amines) is 1. The van der Waals surface area contributed by atoms with E-state index >= 15 is 0 Å². The molecule has 1 fully saturated rings. The second-order valence-electron chi connectivity index (χ2n) is 6.51. The van der Waals surface area contributed by atoms with E-state index in [2.05, 4.69) is 17.1 Å². The minimum absolute atomic E-state index is 0.106. The van der Waals surface area contributed by atoms with Crippen LogP contribution in [0.2, 0.25) is 0 Å². The van der Waals surface area contributed by atoms with Gasteiger partial charge in [0.05, 0.1) is 5.70 Å². The number of allylic oxidation sites excluding steroid dienone is 5. The lowest BCUT2D eigenvalue weighted by molar-refractivity contribution is -0.135. The SMILES string of the molecule is C/C=C\C.O=C1COC2=C(C=CCC2)N1CCCN1CCCCC1. The standard InChI is InChI=1S/C16H24N2O2.C4H8/c19-16-13-20-15-8-3-2-7-14(15)18(16)12-6-11-17-9-4-1-5-10-17;1-3-4-2/h2,7H,1,3-6,8-13H2;3-4H,1-2H3/b;4-3-. The van der Waals surface area contributed by atoms with Crippen LogP contribution >= 0.6 is 0 Å². The van der Waals surface area contributed by atoms with E-state index in [1.165, 1.54) is 32.4 Å². The van der Waals surface area contributed by atoms with Crippen LogP contribution in [-0.2, 0) is 9.53 Å². The van der Waals surface area contributed by atoms with Crippen molar-refractivity contribution in [3.63, 3.8) is 0 Å². The van der Waals surface area contributed by atoms with Crippen LogP contribution in [0.25, 0.3) is 0 Å². The van der Waals surface area contributed by atoms with Crippen LogP contribution in [0.1, 0.15) is 52.4 Å². The van der Waals surface area contributed by atoms with Gasteiger partial charge in [-0.1, -0.05) is 24.6 Å². The van der Waals surface area contributed by atoms with Gasteiger partial charge in [-0.05, 0) is 65.2 Å². The van der Waals surface area contributed by atoms with E-state index < -0.39 is 0 Å². The summed E-state index contributed by atoms with van der Waals surface area (Å²) in [5, 5.41) is 0. The molecule has 0 atom stereocenters. The third-order valence-corrected chi connectivity index (χ3v) is 4.70. The molecule has 3 rings (SSSR count). The summed E-state index contributed by atoms with van der Waals surface area (Å²) >= 11 is 0. The third-order valence-electron chi connectivity index (χ3n) is 4.70. The van der Waals surface area contributed by atoms with Gasteiger partial charge in [0.1, 0.15) is 5.76 Å². The van der Waals surface area contributed by atoms with E-state index in [0.29, 0.717) is 0 Å². The number of ether oxygens (including phenoxy) is 1. The van der Waals surface area contributed by atoms with Crippen LogP contribution in [-0.4, -0.2) is 48.5 Å². The number of hydrogen-bond donors (Lipinski definition) is 0. The Hall–Kier alpha value is -1.55. The fourth-order valence-corrected chi connectivity index (χ4v) is 3.26. The van der Waals surface area contributed by atoms with Gasteiger partial charge in [-0.3, -0.25) is 4.79 Å². The molecule has 1 aliphatic carbocycles. The fourth-order valence-electron chi connectivity index (χ4n) is 3.26. The fraction of sp³-hybridized carbons (Fsp3) is 0.650. The van der Waals surface area contributed by atoms with Gasteiger partial charge < -0.3 is 14.5 Å². The van der Waals surface area contributed by atoms with Gasteiger partial charge in [0.25, 0.3) is 5.91 Å². The van der Waals surface area contributed by atoms with Crippen molar-refractivity contribution in [3.8, 4) is 0 Å². The van der Waals surface area contributed by atoms with Crippen molar-refractivity contribution in [2.45, 2.75) is 52.4 Å². The largest absolute Gasteiger partial charge is 0.486 e. The molecular formula is C20H32N2O2. The Morgan fingerprint density at radius 3 is 2.58 bits per heavy atom. The Morgan fingerprint density at radius 2 is 1.88 bits per heavy atom. The normalized spacial score (nSPS) is 21.4. The van der Waals surface area contributed by atoms with E-state index in [0.717, 1.165) is 43.8 Å². The first kappa shape index (κ1) is 18.8. The van der Waals surface area contributed by atoms with Crippen molar-refractivity contribution in [1.29, 1.82) is 0 Å². The summed E-state index contributed by atoms with van der Waals surface area (Å²) in [7, 11) is 0. The predicted molar refractivity (Wildman–Crippen MR) is 98.5 cm³/mol. The van der Waals surface area contributed by atoms with Gasteiger partial charge in [-0.25, -0.2) is 0 Å². The second kappa shape index (κ2) is 10.3. The lowest BCUT2D eigenvalue weighted by atomic mass is 10.1. The Labute approximate surface area is 146 Å². The molecular weight excluding hydrogens is 300 g/mol. The average molecular weight is 332 g/mol. The highest BCUT2D eigenvalue weighted by Gasteiger charge is 2.27. The maximum absolute atomic E-state index is 12.1. The highest BCUT2D eigenvalue weighted by molar-refractivity contribution is 5.81. The van der Waals surface area contributed by atoms with Crippen LogP contribution in [0, 0.1) is 0 Å². The third kappa shape index (κ3) is 5.52. The second-order valence-corrected chi connectivity index (χ2v) is 6.51. The summed E-state index contributed by atoms with van der Waals surface area (Å²) in [6.45, 7) is 8.60. The molecule has 134 valence electrons.